The number of carbonyl (C=O) groups is 1. The van der Waals surface area contributed by atoms with Gasteiger partial charge in [0.1, 0.15) is 0 Å². The summed E-state index contributed by atoms with van der Waals surface area (Å²) in [5.41, 5.74) is 1.16. The van der Waals surface area contributed by atoms with E-state index >= 15 is 0 Å². The lowest BCUT2D eigenvalue weighted by atomic mass is 10.3. The first-order valence-electron chi connectivity index (χ1n) is 6.71. The van der Waals surface area contributed by atoms with Crippen molar-refractivity contribution in [3.05, 3.63) is 48.3 Å². The minimum absolute atomic E-state index is 0.230. The second-order valence-corrected chi connectivity index (χ2v) is 4.39. The van der Waals surface area contributed by atoms with E-state index in [1.165, 1.54) is 12.4 Å². The van der Waals surface area contributed by atoms with Gasteiger partial charge >= 0.3 is 0 Å². The largest absolute Gasteiger partial charge is 0.385 e. The number of hydrogen-bond acceptors (Lipinski definition) is 5. The molecule has 6 heteroatoms. The van der Waals surface area contributed by atoms with Crippen LogP contribution in [0.15, 0.2) is 42.7 Å². The standard InChI is InChI=1S/C15H18N4O2/c1-21-9-5-8-16-15-17-10-12(11-18-15)14(20)19-13-6-3-2-4-7-13/h2-4,6-7,10-11H,5,8-9H2,1H3,(H,19,20)(H,16,17,18). The predicted octanol–water partition coefficient (Wildman–Crippen LogP) is 2.18. The molecule has 0 spiro atoms. The molecule has 2 rings (SSSR count). The van der Waals surface area contributed by atoms with Gasteiger partial charge in [0, 0.05) is 38.3 Å². The summed E-state index contributed by atoms with van der Waals surface area (Å²) < 4.78 is 4.95. The van der Waals surface area contributed by atoms with Crippen LogP contribution in [0.4, 0.5) is 11.6 Å². The summed E-state index contributed by atoms with van der Waals surface area (Å²) >= 11 is 0. The van der Waals surface area contributed by atoms with E-state index in [1.807, 2.05) is 30.3 Å². The van der Waals surface area contributed by atoms with Gasteiger partial charge in [0.15, 0.2) is 0 Å². The Kier molecular flexibility index (Phi) is 5.66. The Bertz CT molecular complexity index is 558. The average Bonchev–Trinajstić information content (AvgIpc) is 2.53. The maximum atomic E-state index is 12.0. The summed E-state index contributed by atoms with van der Waals surface area (Å²) in [5.74, 6) is 0.273. The molecule has 0 bridgehead atoms. The molecule has 0 aliphatic rings. The molecule has 0 atom stereocenters. The van der Waals surface area contributed by atoms with Crippen LogP contribution in [-0.2, 0) is 4.74 Å². The highest BCUT2D eigenvalue weighted by Crippen LogP contribution is 2.08. The first-order chi connectivity index (χ1) is 10.3. The predicted molar refractivity (Wildman–Crippen MR) is 81.4 cm³/mol. The van der Waals surface area contributed by atoms with Crippen LogP contribution >= 0.6 is 0 Å². The average molecular weight is 286 g/mol. The molecule has 0 aliphatic heterocycles. The summed E-state index contributed by atoms with van der Waals surface area (Å²) in [6, 6.07) is 9.26. The van der Waals surface area contributed by atoms with Crippen molar-refractivity contribution in [2.24, 2.45) is 0 Å². The fraction of sp³-hybridized carbons (Fsp3) is 0.267. The Morgan fingerprint density at radius 1 is 1.19 bits per heavy atom. The van der Waals surface area contributed by atoms with E-state index in [1.54, 1.807) is 7.11 Å². The third kappa shape index (κ3) is 4.85. The number of nitrogens with zero attached hydrogens (tertiary/aromatic N) is 2. The summed E-state index contributed by atoms with van der Waals surface area (Å²) in [5, 5.41) is 5.84. The van der Waals surface area contributed by atoms with Crippen LogP contribution in [0.5, 0.6) is 0 Å². The molecular weight excluding hydrogens is 268 g/mol. The number of rotatable bonds is 7. The lowest BCUT2D eigenvalue weighted by molar-refractivity contribution is 0.102. The Morgan fingerprint density at radius 2 is 1.90 bits per heavy atom. The van der Waals surface area contributed by atoms with Gasteiger partial charge in [-0.2, -0.15) is 0 Å². The normalized spacial score (nSPS) is 10.1. The van der Waals surface area contributed by atoms with Crippen molar-refractivity contribution < 1.29 is 9.53 Å². The van der Waals surface area contributed by atoms with E-state index in [9.17, 15) is 4.79 Å². The van der Waals surface area contributed by atoms with Crippen molar-refractivity contribution in [3.8, 4) is 0 Å². The molecule has 0 aliphatic carbocycles. The number of benzene rings is 1. The van der Waals surface area contributed by atoms with Crippen molar-refractivity contribution in [2.45, 2.75) is 6.42 Å². The van der Waals surface area contributed by atoms with E-state index in [0.29, 0.717) is 18.1 Å². The summed E-state index contributed by atoms with van der Waals surface area (Å²) in [6.45, 7) is 1.41. The molecular formula is C15H18N4O2. The molecule has 6 nitrogen and oxygen atoms in total. The van der Waals surface area contributed by atoms with Crippen molar-refractivity contribution >= 4 is 17.5 Å². The van der Waals surface area contributed by atoms with Crippen molar-refractivity contribution in [3.63, 3.8) is 0 Å². The Hall–Kier alpha value is -2.47. The van der Waals surface area contributed by atoms with Crippen molar-refractivity contribution in [2.75, 3.05) is 30.9 Å². The molecule has 1 heterocycles. The number of nitrogens with one attached hydrogen (secondary N) is 2. The molecule has 0 fully saturated rings. The summed E-state index contributed by atoms with van der Waals surface area (Å²) in [7, 11) is 1.66. The minimum Gasteiger partial charge on any atom is -0.385 e. The number of aromatic nitrogens is 2. The number of hydrogen-bond donors (Lipinski definition) is 2. The van der Waals surface area contributed by atoms with Gasteiger partial charge in [-0.3, -0.25) is 4.79 Å². The Balaban J connectivity index is 1.88. The molecule has 2 N–H and O–H groups in total. The van der Waals surface area contributed by atoms with E-state index < -0.39 is 0 Å². The fourth-order valence-corrected chi connectivity index (χ4v) is 1.68. The Morgan fingerprint density at radius 3 is 2.57 bits per heavy atom. The van der Waals surface area contributed by atoms with Crippen molar-refractivity contribution in [1.29, 1.82) is 0 Å². The van der Waals surface area contributed by atoms with E-state index in [2.05, 4.69) is 20.6 Å². The van der Waals surface area contributed by atoms with Crippen LogP contribution in [-0.4, -0.2) is 36.1 Å². The summed E-state index contributed by atoms with van der Waals surface area (Å²) in [4.78, 5) is 20.2. The third-order valence-corrected chi connectivity index (χ3v) is 2.75. The fourth-order valence-electron chi connectivity index (χ4n) is 1.68. The Labute approximate surface area is 123 Å². The second-order valence-electron chi connectivity index (χ2n) is 4.39. The van der Waals surface area contributed by atoms with Crippen LogP contribution < -0.4 is 10.6 Å². The molecule has 0 saturated heterocycles. The van der Waals surface area contributed by atoms with Gasteiger partial charge in [-0.1, -0.05) is 18.2 Å². The highest BCUT2D eigenvalue weighted by atomic mass is 16.5. The van der Waals surface area contributed by atoms with Gasteiger partial charge in [-0.05, 0) is 18.6 Å². The smallest absolute Gasteiger partial charge is 0.258 e. The van der Waals surface area contributed by atoms with Gasteiger partial charge in [0.25, 0.3) is 5.91 Å². The first kappa shape index (κ1) is 14.9. The number of ether oxygens (including phenoxy) is 1. The lowest BCUT2D eigenvalue weighted by Crippen LogP contribution is -2.14. The van der Waals surface area contributed by atoms with Crippen LogP contribution in [0.25, 0.3) is 0 Å². The van der Waals surface area contributed by atoms with E-state index in [4.69, 9.17) is 4.74 Å². The van der Waals surface area contributed by atoms with Gasteiger partial charge in [0.2, 0.25) is 5.95 Å². The minimum atomic E-state index is -0.230. The molecule has 110 valence electrons. The van der Waals surface area contributed by atoms with Crippen molar-refractivity contribution in [1.82, 2.24) is 9.97 Å². The molecule has 2 aromatic rings. The molecule has 0 radical (unpaired) electrons. The number of carbonyl (C=O) groups excluding carboxylic acids is 1. The number of para-hydroxylation sites is 1. The van der Waals surface area contributed by atoms with E-state index in [-0.39, 0.29) is 5.91 Å². The van der Waals surface area contributed by atoms with Crippen LogP contribution in [0.3, 0.4) is 0 Å². The maximum Gasteiger partial charge on any atom is 0.258 e. The number of anilines is 2. The molecule has 1 amide bonds. The molecule has 0 unspecified atom stereocenters. The first-order valence-corrected chi connectivity index (χ1v) is 6.71. The topological polar surface area (TPSA) is 76.1 Å². The molecule has 1 aromatic heterocycles. The van der Waals surface area contributed by atoms with Gasteiger partial charge in [0.05, 0.1) is 5.56 Å². The molecule has 1 aromatic carbocycles. The summed E-state index contributed by atoms with van der Waals surface area (Å²) in [6.07, 6.45) is 3.88. The third-order valence-electron chi connectivity index (χ3n) is 2.75. The monoisotopic (exact) mass is 286 g/mol. The zero-order valence-corrected chi connectivity index (χ0v) is 11.9. The zero-order chi connectivity index (χ0) is 14.9. The van der Waals surface area contributed by atoms with Crippen LogP contribution in [0.2, 0.25) is 0 Å². The highest BCUT2D eigenvalue weighted by molar-refractivity contribution is 6.03. The van der Waals surface area contributed by atoms with Crippen LogP contribution in [0, 0.1) is 0 Å². The number of methoxy groups -OCH3 is 1. The van der Waals surface area contributed by atoms with Crippen LogP contribution in [0.1, 0.15) is 16.8 Å². The number of amides is 1. The molecule has 21 heavy (non-hydrogen) atoms. The van der Waals surface area contributed by atoms with Gasteiger partial charge in [-0.25, -0.2) is 9.97 Å². The van der Waals surface area contributed by atoms with Gasteiger partial charge < -0.3 is 15.4 Å². The SMILES string of the molecule is COCCCNc1ncc(C(=O)Nc2ccccc2)cn1. The van der Waals surface area contributed by atoms with Gasteiger partial charge in [-0.15, -0.1) is 0 Å². The maximum absolute atomic E-state index is 12.0. The molecule has 0 saturated carbocycles. The lowest BCUT2D eigenvalue weighted by Gasteiger charge is -2.06. The van der Waals surface area contributed by atoms with E-state index in [0.717, 1.165) is 18.7 Å². The second kappa shape index (κ2) is 7.96. The zero-order valence-electron chi connectivity index (χ0n) is 11.9. The quantitative estimate of drug-likeness (QED) is 0.763. The highest BCUT2D eigenvalue weighted by Gasteiger charge is 2.07.